The van der Waals surface area contributed by atoms with Crippen LogP contribution in [-0.2, 0) is 12.3 Å². The van der Waals surface area contributed by atoms with E-state index in [-0.39, 0.29) is 5.82 Å². The van der Waals surface area contributed by atoms with Gasteiger partial charge in [0.1, 0.15) is 5.82 Å². The van der Waals surface area contributed by atoms with Gasteiger partial charge >= 0.3 is 0 Å². The zero-order valence-corrected chi connectivity index (χ0v) is 12.7. The SMILES string of the molecule is CCn1nc(C)c(Br)c1CSc1ccc(F)cc1. The molecule has 0 bridgehead atoms. The summed E-state index contributed by atoms with van der Waals surface area (Å²) < 4.78 is 15.9. The van der Waals surface area contributed by atoms with Gasteiger partial charge in [-0.25, -0.2) is 4.39 Å². The average Bonchev–Trinajstić information content (AvgIpc) is 2.65. The van der Waals surface area contributed by atoms with Crippen LogP contribution in [0.3, 0.4) is 0 Å². The Balaban J connectivity index is 2.12. The molecule has 1 heterocycles. The molecule has 0 N–H and O–H groups in total. The minimum Gasteiger partial charge on any atom is -0.268 e. The van der Waals surface area contributed by atoms with Crippen molar-refractivity contribution in [3.8, 4) is 0 Å². The van der Waals surface area contributed by atoms with Crippen LogP contribution in [-0.4, -0.2) is 9.78 Å². The number of rotatable bonds is 4. The quantitative estimate of drug-likeness (QED) is 0.774. The van der Waals surface area contributed by atoms with E-state index in [0.717, 1.165) is 27.4 Å². The molecule has 0 aliphatic carbocycles. The van der Waals surface area contributed by atoms with Crippen LogP contribution >= 0.6 is 27.7 Å². The van der Waals surface area contributed by atoms with Crippen LogP contribution in [0.25, 0.3) is 0 Å². The zero-order valence-electron chi connectivity index (χ0n) is 10.3. The number of aromatic nitrogens is 2. The number of hydrogen-bond donors (Lipinski definition) is 0. The van der Waals surface area contributed by atoms with Gasteiger partial charge in [0.25, 0.3) is 0 Å². The van der Waals surface area contributed by atoms with Gasteiger partial charge in [-0.2, -0.15) is 5.10 Å². The Labute approximate surface area is 119 Å². The highest BCUT2D eigenvalue weighted by Gasteiger charge is 2.12. The number of benzene rings is 1. The van der Waals surface area contributed by atoms with Crippen molar-refractivity contribution in [3.63, 3.8) is 0 Å². The topological polar surface area (TPSA) is 17.8 Å². The Morgan fingerprint density at radius 2 is 2.00 bits per heavy atom. The smallest absolute Gasteiger partial charge is 0.123 e. The fourth-order valence-corrected chi connectivity index (χ4v) is 3.22. The van der Waals surface area contributed by atoms with Gasteiger partial charge in [-0.1, -0.05) is 0 Å². The highest BCUT2D eigenvalue weighted by atomic mass is 79.9. The Bertz CT molecular complexity index is 537. The third-order valence-corrected chi connectivity index (χ3v) is 4.70. The molecule has 2 aromatic rings. The van der Waals surface area contributed by atoms with E-state index >= 15 is 0 Å². The van der Waals surface area contributed by atoms with Gasteiger partial charge < -0.3 is 0 Å². The van der Waals surface area contributed by atoms with Gasteiger partial charge in [0.2, 0.25) is 0 Å². The molecule has 0 aliphatic heterocycles. The van der Waals surface area contributed by atoms with Crippen LogP contribution in [0.5, 0.6) is 0 Å². The van der Waals surface area contributed by atoms with Gasteiger partial charge in [-0.05, 0) is 54.0 Å². The van der Waals surface area contributed by atoms with Gasteiger partial charge in [-0.3, -0.25) is 4.68 Å². The molecule has 0 atom stereocenters. The summed E-state index contributed by atoms with van der Waals surface area (Å²) in [7, 11) is 0. The molecule has 0 radical (unpaired) electrons. The Hall–Kier alpha value is -0.810. The molecule has 0 aliphatic rings. The first-order valence-corrected chi connectivity index (χ1v) is 7.49. The van der Waals surface area contributed by atoms with Crippen molar-refractivity contribution >= 4 is 27.7 Å². The highest BCUT2D eigenvalue weighted by Crippen LogP contribution is 2.28. The number of aryl methyl sites for hydroxylation is 2. The molecule has 1 aromatic heterocycles. The monoisotopic (exact) mass is 328 g/mol. The van der Waals surface area contributed by atoms with Crippen LogP contribution < -0.4 is 0 Å². The van der Waals surface area contributed by atoms with E-state index in [2.05, 4.69) is 28.0 Å². The lowest BCUT2D eigenvalue weighted by atomic mass is 10.3. The molecule has 0 unspecified atom stereocenters. The van der Waals surface area contributed by atoms with Gasteiger partial charge in [0.15, 0.2) is 0 Å². The van der Waals surface area contributed by atoms with E-state index in [1.165, 1.54) is 17.8 Å². The van der Waals surface area contributed by atoms with Crippen LogP contribution in [0.1, 0.15) is 18.3 Å². The summed E-state index contributed by atoms with van der Waals surface area (Å²) in [5.41, 5.74) is 2.18. The summed E-state index contributed by atoms with van der Waals surface area (Å²) >= 11 is 5.25. The second kappa shape index (κ2) is 5.89. The van der Waals surface area contributed by atoms with E-state index in [1.807, 2.05) is 11.6 Å². The molecule has 0 spiro atoms. The van der Waals surface area contributed by atoms with Crippen molar-refractivity contribution in [2.75, 3.05) is 0 Å². The normalized spacial score (nSPS) is 10.9. The second-order valence-corrected chi connectivity index (χ2v) is 5.75. The largest absolute Gasteiger partial charge is 0.268 e. The Morgan fingerprint density at radius 1 is 1.33 bits per heavy atom. The van der Waals surface area contributed by atoms with Crippen LogP contribution in [0.4, 0.5) is 4.39 Å². The fraction of sp³-hybridized carbons (Fsp3) is 0.308. The molecular weight excluding hydrogens is 315 g/mol. The van der Waals surface area contributed by atoms with E-state index in [0.29, 0.717) is 0 Å². The average molecular weight is 329 g/mol. The zero-order chi connectivity index (χ0) is 13.1. The summed E-state index contributed by atoms with van der Waals surface area (Å²) in [4.78, 5) is 1.06. The maximum atomic E-state index is 12.8. The van der Waals surface area contributed by atoms with Crippen LogP contribution in [0, 0.1) is 12.7 Å². The van der Waals surface area contributed by atoms with Crippen molar-refractivity contribution in [1.82, 2.24) is 9.78 Å². The summed E-state index contributed by atoms with van der Waals surface area (Å²) in [5, 5.41) is 4.45. The minimum absolute atomic E-state index is 0.199. The standard InChI is InChI=1S/C13H14BrFN2S/c1-3-17-12(13(14)9(2)16-17)8-18-11-6-4-10(15)5-7-11/h4-7H,3,8H2,1-2H3. The second-order valence-electron chi connectivity index (χ2n) is 3.90. The molecule has 2 nitrogen and oxygen atoms in total. The third kappa shape index (κ3) is 2.95. The predicted molar refractivity (Wildman–Crippen MR) is 76.3 cm³/mol. The lowest BCUT2D eigenvalue weighted by molar-refractivity contribution is 0.626. The summed E-state index contributed by atoms with van der Waals surface area (Å²) in [6, 6.07) is 6.57. The molecule has 96 valence electrons. The maximum Gasteiger partial charge on any atom is 0.123 e. The van der Waals surface area contributed by atoms with Gasteiger partial charge in [0, 0.05) is 17.2 Å². The van der Waals surface area contributed by atoms with Crippen molar-refractivity contribution in [3.05, 3.63) is 45.9 Å². The predicted octanol–water partition coefficient (Wildman–Crippen LogP) is 4.41. The summed E-state index contributed by atoms with van der Waals surface area (Å²) in [6.45, 7) is 4.92. The molecule has 18 heavy (non-hydrogen) atoms. The first-order valence-electron chi connectivity index (χ1n) is 5.72. The molecule has 5 heteroatoms. The fourth-order valence-electron chi connectivity index (χ4n) is 1.69. The molecule has 1 aromatic carbocycles. The lowest BCUT2D eigenvalue weighted by Gasteiger charge is -2.05. The first kappa shape index (κ1) is 13.6. The highest BCUT2D eigenvalue weighted by molar-refractivity contribution is 9.10. The number of nitrogens with zero attached hydrogens (tertiary/aromatic N) is 2. The molecule has 0 saturated heterocycles. The van der Waals surface area contributed by atoms with E-state index in [9.17, 15) is 4.39 Å². The van der Waals surface area contributed by atoms with Crippen LogP contribution in [0.15, 0.2) is 33.6 Å². The van der Waals surface area contributed by atoms with Crippen LogP contribution in [0.2, 0.25) is 0 Å². The molecule has 0 fully saturated rings. The third-order valence-electron chi connectivity index (χ3n) is 2.64. The van der Waals surface area contributed by atoms with E-state index < -0.39 is 0 Å². The van der Waals surface area contributed by atoms with E-state index in [4.69, 9.17) is 0 Å². The molecule has 0 amide bonds. The van der Waals surface area contributed by atoms with Crippen molar-refractivity contribution in [2.24, 2.45) is 0 Å². The maximum absolute atomic E-state index is 12.8. The van der Waals surface area contributed by atoms with Crippen molar-refractivity contribution in [2.45, 2.75) is 31.0 Å². The van der Waals surface area contributed by atoms with Crippen molar-refractivity contribution in [1.29, 1.82) is 0 Å². The van der Waals surface area contributed by atoms with Crippen molar-refractivity contribution < 1.29 is 4.39 Å². The Morgan fingerprint density at radius 3 is 2.61 bits per heavy atom. The number of thioether (sulfide) groups is 1. The molecule has 2 rings (SSSR count). The molecular formula is C13H14BrFN2S. The molecule has 0 saturated carbocycles. The van der Waals surface area contributed by atoms with E-state index in [1.54, 1.807) is 23.9 Å². The summed E-state index contributed by atoms with van der Waals surface area (Å²) in [5.74, 6) is 0.621. The summed E-state index contributed by atoms with van der Waals surface area (Å²) in [6.07, 6.45) is 0. The lowest BCUT2D eigenvalue weighted by Crippen LogP contribution is -2.01. The van der Waals surface area contributed by atoms with Gasteiger partial charge in [-0.15, -0.1) is 11.8 Å². The number of halogens is 2. The first-order chi connectivity index (χ1) is 8.61. The number of hydrogen-bond acceptors (Lipinski definition) is 2. The Kier molecular flexibility index (Phi) is 4.45. The van der Waals surface area contributed by atoms with Gasteiger partial charge in [0.05, 0.1) is 15.9 Å². The minimum atomic E-state index is -0.199.